The molecule has 0 spiro atoms. The van der Waals surface area contributed by atoms with E-state index < -0.39 is 17.0 Å². The number of benzene rings is 2. The van der Waals surface area contributed by atoms with Gasteiger partial charge in [0.05, 0.1) is 29.4 Å². The zero-order chi connectivity index (χ0) is 22.1. The van der Waals surface area contributed by atoms with Crippen molar-refractivity contribution in [3.8, 4) is 0 Å². The van der Waals surface area contributed by atoms with Crippen LogP contribution < -0.4 is 10.2 Å². The lowest BCUT2D eigenvalue weighted by molar-refractivity contribution is -0.138. The molecule has 0 aliphatic carbocycles. The molecule has 3 rings (SSSR count). The van der Waals surface area contributed by atoms with Gasteiger partial charge in [-0.3, -0.25) is 4.79 Å². The van der Waals surface area contributed by atoms with Crippen LogP contribution in [0.25, 0.3) is 0 Å². The average Bonchev–Trinajstić information content (AvgIpc) is 3.12. The fraction of sp³-hybridized carbons (Fsp3) is 0.458. The summed E-state index contributed by atoms with van der Waals surface area (Å²) >= 11 is 0. The van der Waals surface area contributed by atoms with Gasteiger partial charge in [0, 0.05) is 17.6 Å². The largest absolute Gasteiger partial charge is 0.481 e. The molecule has 3 N–H and O–H groups in total. The molecule has 2 aromatic carbocycles. The molecule has 6 heteroatoms. The molecule has 0 saturated carbocycles. The van der Waals surface area contributed by atoms with E-state index in [-0.39, 0.29) is 18.3 Å². The van der Waals surface area contributed by atoms with Crippen LogP contribution in [0, 0.1) is 5.82 Å². The molecule has 2 aromatic rings. The Hall–Kier alpha value is -2.60. The number of nitrogens with one attached hydrogen (secondary N) is 1. The maximum absolute atomic E-state index is 13.4. The summed E-state index contributed by atoms with van der Waals surface area (Å²) in [6, 6.07) is 12.1. The zero-order valence-electron chi connectivity index (χ0n) is 18.1. The monoisotopic (exact) mass is 414 g/mol. The van der Waals surface area contributed by atoms with Crippen LogP contribution >= 0.6 is 0 Å². The minimum atomic E-state index is -0.856. The van der Waals surface area contributed by atoms with Crippen molar-refractivity contribution >= 4 is 23.0 Å². The summed E-state index contributed by atoms with van der Waals surface area (Å²) in [5.74, 6) is -1.16. The van der Waals surface area contributed by atoms with E-state index in [4.69, 9.17) is 0 Å². The van der Waals surface area contributed by atoms with Gasteiger partial charge >= 0.3 is 5.97 Å². The van der Waals surface area contributed by atoms with Gasteiger partial charge in [0.25, 0.3) is 0 Å². The number of carbonyl (C=O) groups is 1. The van der Waals surface area contributed by atoms with Gasteiger partial charge in [-0.25, -0.2) is 4.39 Å². The minimum Gasteiger partial charge on any atom is -0.481 e. The van der Waals surface area contributed by atoms with Gasteiger partial charge < -0.3 is 20.4 Å². The highest BCUT2D eigenvalue weighted by atomic mass is 19.1. The second kappa shape index (κ2) is 8.26. The molecule has 1 atom stereocenters. The van der Waals surface area contributed by atoms with Gasteiger partial charge in [0.15, 0.2) is 0 Å². The first-order valence-electron chi connectivity index (χ1n) is 10.4. The highest BCUT2D eigenvalue weighted by Gasteiger charge is 2.37. The van der Waals surface area contributed by atoms with Crippen molar-refractivity contribution in [1.29, 1.82) is 0 Å². The third kappa shape index (κ3) is 4.93. The van der Waals surface area contributed by atoms with Crippen molar-refractivity contribution in [2.24, 2.45) is 0 Å². The summed E-state index contributed by atoms with van der Waals surface area (Å²) in [6.45, 7) is 8.30. The summed E-state index contributed by atoms with van der Waals surface area (Å²) in [5, 5.41) is 23.4. The summed E-state index contributed by atoms with van der Waals surface area (Å²) in [5.41, 5.74) is 1.99. The number of nitrogens with zero attached hydrogens (tertiary/aromatic N) is 1. The van der Waals surface area contributed by atoms with Crippen LogP contribution in [0.2, 0.25) is 0 Å². The predicted molar refractivity (Wildman–Crippen MR) is 118 cm³/mol. The Bertz CT molecular complexity index is 904. The van der Waals surface area contributed by atoms with E-state index in [2.05, 4.69) is 10.2 Å². The quantitative estimate of drug-likeness (QED) is 0.591. The number of aliphatic carboxylic acids is 1. The van der Waals surface area contributed by atoms with Gasteiger partial charge in [0.2, 0.25) is 0 Å². The topological polar surface area (TPSA) is 72.8 Å². The maximum atomic E-state index is 13.4. The Morgan fingerprint density at radius 1 is 1.17 bits per heavy atom. The van der Waals surface area contributed by atoms with E-state index in [1.807, 2.05) is 45.9 Å². The Morgan fingerprint density at radius 3 is 2.43 bits per heavy atom. The molecule has 162 valence electrons. The van der Waals surface area contributed by atoms with E-state index in [0.717, 1.165) is 42.0 Å². The average molecular weight is 415 g/mol. The molecule has 1 saturated heterocycles. The second-order valence-corrected chi connectivity index (χ2v) is 9.32. The maximum Gasteiger partial charge on any atom is 0.304 e. The Balaban J connectivity index is 2.04. The van der Waals surface area contributed by atoms with Crippen LogP contribution in [-0.4, -0.2) is 34.4 Å². The normalized spacial score (nSPS) is 17.3. The van der Waals surface area contributed by atoms with Crippen LogP contribution in [-0.2, 0) is 10.2 Å². The van der Waals surface area contributed by atoms with E-state index in [9.17, 15) is 19.4 Å². The fourth-order valence-corrected chi connectivity index (χ4v) is 4.27. The number of anilines is 3. The molecule has 1 aliphatic rings. The number of hydrogen-bond acceptors (Lipinski definition) is 4. The van der Waals surface area contributed by atoms with Crippen molar-refractivity contribution in [2.45, 2.75) is 64.0 Å². The summed E-state index contributed by atoms with van der Waals surface area (Å²) in [4.78, 5) is 13.5. The lowest BCUT2D eigenvalue weighted by Crippen LogP contribution is -2.46. The van der Waals surface area contributed by atoms with Crippen LogP contribution in [0.4, 0.5) is 21.5 Å². The fourth-order valence-electron chi connectivity index (χ4n) is 4.27. The van der Waals surface area contributed by atoms with Gasteiger partial charge in [-0.05, 0) is 68.7 Å². The Morgan fingerprint density at radius 2 is 1.83 bits per heavy atom. The third-order valence-corrected chi connectivity index (χ3v) is 5.87. The number of carboxylic acid groups (broad SMARTS) is 1. The van der Waals surface area contributed by atoms with Crippen molar-refractivity contribution in [3.05, 3.63) is 53.8 Å². The Kier molecular flexibility index (Phi) is 6.09. The molecule has 0 bridgehead atoms. The summed E-state index contributed by atoms with van der Waals surface area (Å²) in [7, 11) is 0. The van der Waals surface area contributed by atoms with Gasteiger partial charge in [0.1, 0.15) is 5.82 Å². The molecule has 0 amide bonds. The first kappa shape index (κ1) is 22.1. The number of hydrogen-bond donors (Lipinski definition) is 3. The molecular formula is C24H31FN2O3. The van der Waals surface area contributed by atoms with Crippen molar-refractivity contribution in [1.82, 2.24) is 0 Å². The Labute approximate surface area is 177 Å². The van der Waals surface area contributed by atoms with E-state index >= 15 is 0 Å². The first-order chi connectivity index (χ1) is 14.0. The lowest BCUT2D eigenvalue weighted by Gasteiger charge is -2.37. The summed E-state index contributed by atoms with van der Waals surface area (Å²) < 4.78 is 13.4. The first-order valence-corrected chi connectivity index (χ1v) is 10.4. The zero-order valence-corrected chi connectivity index (χ0v) is 18.1. The van der Waals surface area contributed by atoms with Crippen LogP contribution in [0.15, 0.2) is 42.5 Å². The van der Waals surface area contributed by atoms with Gasteiger partial charge in [-0.2, -0.15) is 0 Å². The smallest absolute Gasteiger partial charge is 0.304 e. The molecule has 0 aromatic heterocycles. The molecular weight excluding hydrogens is 383 g/mol. The highest BCUT2D eigenvalue weighted by Crippen LogP contribution is 2.40. The van der Waals surface area contributed by atoms with E-state index in [1.165, 1.54) is 12.1 Å². The molecule has 30 heavy (non-hydrogen) atoms. The highest BCUT2D eigenvalue weighted by molar-refractivity contribution is 5.78. The van der Waals surface area contributed by atoms with Gasteiger partial charge in [-0.15, -0.1) is 0 Å². The van der Waals surface area contributed by atoms with Crippen molar-refractivity contribution in [2.75, 3.05) is 16.8 Å². The lowest BCUT2D eigenvalue weighted by atomic mass is 9.81. The molecule has 0 radical (unpaired) electrons. The second-order valence-electron chi connectivity index (χ2n) is 9.32. The number of aliphatic hydroxyl groups is 1. The predicted octanol–water partition coefficient (Wildman–Crippen LogP) is 5.06. The van der Waals surface area contributed by atoms with Crippen LogP contribution in [0.1, 0.15) is 52.5 Å². The van der Waals surface area contributed by atoms with E-state index in [0.29, 0.717) is 0 Å². The number of halogens is 1. The molecule has 5 nitrogen and oxygen atoms in total. The van der Waals surface area contributed by atoms with Crippen LogP contribution in [0.3, 0.4) is 0 Å². The number of rotatable bonds is 7. The van der Waals surface area contributed by atoms with Crippen molar-refractivity contribution < 1.29 is 19.4 Å². The minimum absolute atomic E-state index is 0.0122. The SMILES string of the molecule is CC(C)(CC(=O)O)c1ccc(N2CCC[C@H]2C(C)(C)O)c(Nc2ccc(F)cc2)c1. The van der Waals surface area contributed by atoms with E-state index in [1.54, 1.807) is 12.1 Å². The van der Waals surface area contributed by atoms with Gasteiger partial charge in [-0.1, -0.05) is 19.9 Å². The third-order valence-electron chi connectivity index (χ3n) is 5.87. The van der Waals surface area contributed by atoms with Crippen molar-refractivity contribution in [3.63, 3.8) is 0 Å². The molecule has 1 fully saturated rings. The number of carboxylic acids is 1. The molecule has 0 unspecified atom stereocenters. The summed E-state index contributed by atoms with van der Waals surface area (Å²) in [6.07, 6.45) is 1.89. The molecule has 1 aliphatic heterocycles. The standard InChI is InChI=1S/C24H31FN2O3/c1-23(2,15-22(28)29)16-7-12-20(27-13-5-6-21(27)24(3,4)30)19(14-16)26-18-10-8-17(25)9-11-18/h7-12,14,21,26,30H,5-6,13,15H2,1-4H3,(H,28,29)/t21-/m0/s1. The molecule has 1 heterocycles. The van der Waals surface area contributed by atoms with Crippen LogP contribution in [0.5, 0.6) is 0 Å².